The zero-order valence-corrected chi connectivity index (χ0v) is 12.2. The second-order valence-electron chi connectivity index (χ2n) is 4.35. The molecule has 4 nitrogen and oxygen atoms in total. The van der Waals surface area contributed by atoms with Crippen LogP contribution in [0.3, 0.4) is 0 Å². The SMILES string of the molecule is CCn1c(-c2ccc[nH]c2=O)nc2cc(Cl)c(Cl)cc21. The molecular formula is C14H11Cl2N3O. The van der Waals surface area contributed by atoms with Gasteiger partial charge in [-0.15, -0.1) is 0 Å². The van der Waals surface area contributed by atoms with Gasteiger partial charge >= 0.3 is 0 Å². The van der Waals surface area contributed by atoms with E-state index >= 15 is 0 Å². The standard InChI is InChI=1S/C14H11Cl2N3O/c1-2-19-12-7-10(16)9(15)6-11(12)18-13(19)8-4-3-5-17-14(8)20/h3-7H,2H2,1H3,(H,17,20). The molecule has 3 rings (SSSR count). The molecule has 1 aromatic carbocycles. The molecule has 0 saturated carbocycles. The molecule has 0 aliphatic rings. The third-order valence-electron chi connectivity index (χ3n) is 3.17. The van der Waals surface area contributed by atoms with Gasteiger partial charge in [-0.25, -0.2) is 4.98 Å². The molecule has 2 heterocycles. The maximum Gasteiger partial charge on any atom is 0.258 e. The Kier molecular flexibility index (Phi) is 3.28. The first kappa shape index (κ1) is 13.2. The van der Waals surface area contributed by atoms with E-state index in [0.717, 1.165) is 11.0 Å². The molecule has 0 aliphatic carbocycles. The highest BCUT2D eigenvalue weighted by Gasteiger charge is 2.15. The first-order chi connectivity index (χ1) is 9.61. The van der Waals surface area contributed by atoms with Crippen molar-refractivity contribution in [2.45, 2.75) is 13.5 Å². The third kappa shape index (κ3) is 2.01. The monoisotopic (exact) mass is 307 g/mol. The van der Waals surface area contributed by atoms with Crippen molar-refractivity contribution in [2.24, 2.45) is 0 Å². The Morgan fingerprint density at radius 1 is 1.30 bits per heavy atom. The number of hydrogen-bond donors (Lipinski definition) is 1. The molecule has 0 spiro atoms. The van der Waals surface area contributed by atoms with Crippen LogP contribution in [-0.4, -0.2) is 14.5 Å². The van der Waals surface area contributed by atoms with Crippen molar-refractivity contribution < 1.29 is 0 Å². The Morgan fingerprint density at radius 3 is 2.75 bits per heavy atom. The smallest absolute Gasteiger partial charge is 0.258 e. The minimum atomic E-state index is -0.172. The zero-order valence-electron chi connectivity index (χ0n) is 10.7. The molecule has 2 aromatic heterocycles. The van der Waals surface area contributed by atoms with Crippen molar-refractivity contribution in [3.8, 4) is 11.4 Å². The molecule has 0 atom stereocenters. The van der Waals surface area contributed by atoms with Crippen LogP contribution in [0, 0.1) is 0 Å². The van der Waals surface area contributed by atoms with Crippen molar-refractivity contribution in [3.63, 3.8) is 0 Å². The predicted octanol–water partition coefficient (Wildman–Crippen LogP) is 3.72. The lowest BCUT2D eigenvalue weighted by Gasteiger charge is -2.05. The highest BCUT2D eigenvalue weighted by atomic mass is 35.5. The number of nitrogens with zero attached hydrogens (tertiary/aromatic N) is 2. The first-order valence-electron chi connectivity index (χ1n) is 6.15. The van der Waals surface area contributed by atoms with Gasteiger partial charge in [0.15, 0.2) is 0 Å². The van der Waals surface area contributed by atoms with Crippen molar-refractivity contribution in [3.05, 3.63) is 50.9 Å². The molecule has 1 N–H and O–H groups in total. The maximum atomic E-state index is 11.9. The van der Waals surface area contributed by atoms with E-state index in [-0.39, 0.29) is 5.56 Å². The number of imidazole rings is 1. The third-order valence-corrected chi connectivity index (χ3v) is 3.89. The summed E-state index contributed by atoms with van der Waals surface area (Å²) >= 11 is 12.1. The number of halogens is 2. The Bertz CT molecular complexity index is 851. The highest BCUT2D eigenvalue weighted by Crippen LogP contribution is 2.30. The second kappa shape index (κ2) is 4.96. The number of aryl methyl sites for hydroxylation is 1. The maximum absolute atomic E-state index is 11.9. The number of aromatic nitrogens is 3. The molecule has 0 amide bonds. The lowest BCUT2D eigenvalue weighted by Crippen LogP contribution is -2.10. The number of benzene rings is 1. The van der Waals surface area contributed by atoms with Crippen LogP contribution in [0.1, 0.15) is 6.92 Å². The molecule has 3 aromatic rings. The van der Waals surface area contributed by atoms with Crippen LogP contribution in [0.15, 0.2) is 35.3 Å². The molecule has 0 fully saturated rings. The lowest BCUT2D eigenvalue weighted by molar-refractivity contribution is 0.795. The van der Waals surface area contributed by atoms with Crippen molar-refractivity contribution >= 4 is 34.2 Å². The number of fused-ring (bicyclic) bond motifs is 1. The average molecular weight is 308 g/mol. The molecule has 102 valence electrons. The molecule has 0 bridgehead atoms. The second-order valence-corrected chi connectivity index (χ2v) is 5.16. The van der Waals surface area contributed by atoms with Gasteiger partial charge in [-0.3, -0.25) is 4.79 Å². The summed E-state index contributed by atoms with van der Waals surface area (Å²) in [7, 11) is 0. The van der Waals surface area contributed by atoms with E-state index in [1.807, 2.05) is 11.5 Å². The van der Waals surface area contributed by atoms with Crippen molar-refractivity contribution in [1.82, 2.24) is 14.5 Å². The number of pyridine rings is 1. The van der Waals surface area contributed by atoms with Crippen LogP contribution in [0.5, 0.6) is 0 Å². The number of nitrogens with one attached hydrogen (secondary N) is 1. The molecule has 6 heteroatoms. The minimum absolute atomic E-state index is 0.172. The van der Waals surface area contributed by atoms with Gasteiger partial charge in [0.05, 0.1) is 26.6 Å². The van der Waals surface area contributed by atoms with Crippen molar-refractivity contribution in [1.29, 1.82) is 0 Å². The van der Waals surface area contributed by atoms with Crippen molar-refractivity contribution in [2.75, 3.05) is 0 Å². The van der Waals surface area contributed by atoms with Gasteiger partial charge in [0, 0.05) is 12.7 Å². The molecule has 0 aliphatic heterocycles. The van der Waals surface area contributed by atoms with E-state index in [1.54, 1.807) is 30.5 Å². The Morgan fingerprint density at radius 2 is 2.05 bits per heavy atom. The number of rotatable bonds is 2. The van der Waals surface area contributed by atoms with Crippen LogP contribution in [-0.2, 0) is 6.54 Å². The van der Waals surface area contributed by atoms with E-state index in [1.165, 1.54) is 0 Å². The van der Waals surface area contributed by atoms with Gasteiger partial charge in [-0.1, -0.05) is 23.2 Å². The summed E-state index contributed by atoms with van der Waals surface area (Å²) < 4.78 is 1.95. The average Bonchev–Trinajstić information content (AvgIpc) is 2.77. The predicted molar refractivity (Wildman–Crippen MR) is 81.5 cm³/mol. The summed E-state index contributed by atoms with van der Waals surface area (Å²) in [5, 5.41) is 0.927. The van der Waals surface area contributed by atoms with Crippen LogP contribution >= 0.6 is 23.2 Å². The van der Waals surface area contributed by atoms with E-state index in [4.69, 9.17) is 23.2 Å². The van der Waals surface area contributed by atoms with Crippen LogP contribution < -0.4 is 5.56 Å². The van der Waals surface area contributed by atoms with E-state index in [9.17, 15) is 4.79 Å². The van der Waals surface area contributed by atoms with Crippen LogP contribution in [0.2, 0.25) is 10.0 Å². The fourth-order valence-electron chi connectivity index (χ4n) is 2.24. The number of aromatic amines is 1. The van der Waals surface area contributed by atoms with Gasteiger partial charge in [-0.05, 0) is 31.2 Å². The van der Waals surface area contributed by atoms with Gasteiger partial charge in [0.2, 0.25) is 0 Å². The summed E-state index contributed by atoms with van der Waals surface area (Å²) in [6.45, 7) is 2.67. The topological polar surface area (TPSA) is 50.7 Å². The number of H-pyrrole nitrogens is 1. The Balaban J connectivity index is 2.37. The highest BCUT2D eigenvalue weighted by molar-refractivity contribution is 6.42. The summed E-state index contributed by atoms with van der Waals surface area (Å²) in [6, 6.07) is 7.01. The number of hydrogen-bond acceptors (Lipinski definition) is 2. The summed E-state index contributed by atoms with van der Waals surface area (Å²) in [5.41, 5.74) is 1.94. The fourth-order valence-corrected chi connectivity index (χ4v) is 2.56. The van der Waals surface area contributed by atoms with E-state index in [0.29, 0.717) is 28.0 Å². The summed E-state index contributed by atoms with van der Waals surface area (Å²) in [6.07, 6.45) is 1.60. The van der Waals surface area contributed by atoms with E-state index in [2.05, 4.69) is 9.97 Å². The Labute approximate surface area is 125 Å². The van der Waals surface area contributed by atoms with Gasteiger partial charge < -0.3 is 9.55 Å². The van der Waals surface area contributed by atoms with Gasteiger partial charge in [0.25, 0.3) is 5.56 Å². The molecule has 0 saturated heterocycles. The first-order valence-corrected chi connectivity index (χ1v) is 6.90. The van der Waals surface area contributed by atoms with Gasteiger partial charge in [-0.2, -0.15) is 0 Å². The Hall–Kier alpha value is -1.78. The summed E-state index contributed by atoms with van der Waals surface area (Å²) in [5.74, 6) is 0.614. The minimum Gasteiger partial charge on any atom is -0.328 e. The largest absolute Gasteiger partial charge is 0.328 e. The van der Waals surface area contributed by atoms with Gasteiger partial charge in [0.1, 0.15) is 5.82 Å². The van der Waals surface area contributed by atoms with Crippen LogP contribution in [0.4, 0.5) is 0 Å². The molecule has 0 radical (unpaired) electrons. The molecule has 20 heavy (non-hydrogen) atoms. The quantitative estimate of drug-likeness (QED) is 0.784. The normalized spacial score (nSPS) is 11.2. The lowest BCUT2D eigenvalue weighted by atomic mass is 10.2. The molecule has 0 unspecified atom stereocenters. The summed E-state index contributed by atoms with van der Waals surface area (Å²) in [4.78, 5) is 19.1. The molecular weight excluding hydrogens is 297 g/mol. The zero-order chi connectivity index (χ0) is 14.3. The fraction of sp³-hybridized carbons (Fsp3) is 0.143. The van der Waals surface area contributed by atoms with Crippen LogP contribution in [0.25, 0.3) is 22.4 Å². The van der Waals surface area contributed by atoms with E-state index < -0.39 is 0 Å².